The number of para-hydroxylation sites is 1. The molecular weight excluding hydrogens is 361 g/mol. The van der Waals surface area contributed by atoms with E-state index in [0.717, 1.165) is 13.1 Å². The van der Waals surface area contributed by atoms with E-state index in [4.69, 9.17) is 4.74 Å². The second-order valence-corrected chi connectivity index (χ2v) is 5.91. The Labute approximate surface area is 153 Å². The van der Waals surface area contributed by atoms with Crippen LogP contribution in [0.1, 0.15) is 18.2 Å². The Morgan fingerprint density at radius 2 is 1.74 bits per heavy atom. The zero-order valence-electron chi connectivity index (χ0n) is 14.6. The summed E-state index contributed by atoms with van der Waals surface area (Å²) in [5.74, 6) is -0.851. The first-order chi connectivity index (χ1) is 12.7. The number of aromatic hydroxyl groups is 2. The molecule has 0 radical (unpaired) electrons. The number of alkyl halides is 3. The number of phenols is 2. The maximum atomic E-state index is 13.6. The molecule has 1 heterocycles. The third-order valence-corrected chi connectivity index (χ3v) is 4.07. The van der Waals surface area contributed by atoms with Crippen LogP contribution in [0.5, 0.6) is 23.0 Å². The van der Waals surface area contributed by atoms with E-state index in [1.165, 1.54) is 18.2 Å². The molecule has 8 heteroatoms. The van der Waals surface area contributed by atoms with Crippen LogP contribution in [0.25, 0.3) is 11.3 Å². The van der Waals surface area contributed by atoms with Gasteiger partial charge in [0.25, 0.3) is 0 Å². The molecule has 0 unspecified atom stereocenters. The Morgan fingerprint density at radius 1 is 1.07 bits per heavy atom. The predicted octanol–water partition coefficient (Wildman–Crippen LogP) is 4.87. The molecule has 0 aliphatic heterocycles. The van der Waals surface area contributed by atoms with Gasteiger partial charge in [-0.1, -0.05) is 25.1 Å². The first kappa shape index (κ1) is 18.6. The van der Waals surface area contributed by atoms with Crippen molar-refractivity contribution in [3.63, 3.8) is 0 Å². The first-order valence-electron chi connectivity index (χ1n) is 8.14. The molecule has 0 atom stereocenters. The number of nitrogens with zero attached hydrogens (tertiary/aromatic N) is 2. The second-order valence-electron chi connectivity index (χ2n) is 5.91. The van der Waals surface area contributed by atoms with E-state index in [0.29, 0.717) is 16.7 Å². The minimum absolute atomic E-state index is 0.0432. The predicted molar refractivity (Wildman–Crippen MR) is 92.9 cm³/mol. The van der Waals surface area contributed by atoms with Crippen molar-refractivity contribution in [2.75, 3.05) is 0 Å². The fraction of sp³-hybridized carbons (Fsp3) is 0.211. The fourth-order valence-electron chi connectivity index (χ4n) is 2.79. The van der Waals surface area contributed by atoms with E-state index < -0.39 is 23.4 Å². The van der Waals surface area contributed by atoms with E-state index in [9.17, 15) is 23.4 Å². The number of benzene rings is 2. The van der Waals surface area contributed by atoms with Crippen LogP contribution in [0.2, 0.25) is 0 Å². The number of aromatic nitrogens is 2. The minimum Gasteiger partial charge on any atom is -0.508 e. The molecule has 142 valence electrons. The maximum absolute atomic E-state index is 13.6. The number of halogens is 3. The van der Waals surface area contributed by atoms with Crippen molar-refractivity contribution in [3.8, 4) is 34.3 Å². The van der Waals surface area contributed by atoms with Gasteiger partial charge in [0.2, 0.25) is 0 Å². The Hall–Kier alpha value is -3.16. The molecule has 3 aromatic rings. The normalized spacial score (nSPS) is 11.6. The van der Waals surface area contributed by atoms with Crippen LogP contribution in [-0.2, 0) is 19.6 Å². The molecule has 0 aliphatic carbocycles. The molecule has 0 saturated carbocycles. The van der Waals surface area contributed by atoms with E-state index in [2.05, 4.69) is 5.10 Å². The van der Waals surface area contributed by atoms with Crippen molar-refractivity contribution in [1.29, 1.82) is 0 Å². The smallest absolute Gasteiger partial charge is 0.436 e. The summed E-state index contributed by atoms with van der Waals surface area (Å²) < 4.78 is 47.0. The SMILES string of the molecule is CCc1cc(-c2nn(C)c(C(F)(F)F)c2Oc2ccccc2)c(O)cc1O. The van der Waals surface area contributed by atoms with Crippen LogP contribution in [0.3, 0.4) is 0 Å². The van der Waals surface area contributed by atoms with Gasteiger partial charge >= 0.3 is 6.18 Å². The summed E-state index contributed by atoms with van der Waals surface area (Å²) in [5.41, 5.74) is -0.734. The summed E-state index contributed by atoms with van der Waals surface area (Å²) in [6, 6.07) is 10.5. The Bertz CT molecular complexity index is 967. The van der Waals surface area contributed by atoms with Crippen LogP contribution >= 0.6 is 0 Å². The number of ether oxygens (including phenoxy) is 1. The van der Waals surface area contributed by atoms with Crippen molar-refractivity contribution in [3.05, 3.63) is 53.7 Å². The lowest BCUT2D eigenvalue weighted by molar-refractivity contribution is -0.144. The molecule has 0 fully saturated rings. The van der Waals surface area contributed by atoms with Gasteiger partial charge in [-0.3, -0.25) is 4.68 Å². The zero-order chi connectivity index (χ0) is 19.8. The molecule has 5 nitrogen and oxygen atoms in total. The van der Waals surface area contributed by atoms with Crippen LogP contribution in [0.4, 0.5) is 13.2 Å². The van der Waals surface area contributed by atoms with Gasteiger partial charge in [0.1, 0.15) is 22.9 Å². The third kappa shape index (κ3) is 3.55. The van der Waals surface area contributed by atoms with E-state index in [1.807, 2.05) is 0 Å². The summed E-state index contributed by atoms with van der Waals surface area (Å²) in [7, 11) is 1.16. The monoisotopic (exact) mass is 378 g/mol. The summed E-state index contributed by atoms with van der Waals surface area (Å²) in [4.78, 5) is 0. The lowest BCUT2D eigenvalue weighted by Crippen LogP contribution is -2.12. The summed E-state index contributed by atoms with van der Waals surface area (Å²) in [6.07, 6.45) is -4.29. The van der Waals surface area contributed by atoms with Crippen molar-refractivity contribution < 1.29 is 28.1 Å². The van der Waals surface area contributed by atoms with E-state index in [-0.39, 0.29) is 22.8 Å². The van der Waals surface area contributed by atoms with E-state index >= 15 is 0 Å². The Morgan fingerprint density at radius 3 is 2.33 bits per heavy atom. The molecular formula is C19H17F3N2O3. The molecule has 3 rings (SSSR count). The van der Waals surface area contributed by atoms with Crippen molar-refractivity contribution in [2.45, 2.75) is 19.5 Å². The highest BCUT2D eigenvalue weighted by molar-refractivity contribution is 5.75. The van der Waals surface area contributed by atoms with Gasteiger partial charge in [-0.2, -0.15) is 18.3 Å². The fourth-order valence-corrected chi connectivity index (χ4v) is 2.79. The molecule has 2 aromatic carbocycles. The molecule has 1 aromatic heterocycles. The average Bonchev–Trinajstić information content (AvgIpc) is 2.92. The number of aryl methyl sites for hydroxylation is 2. The molecule has 0 bridgehead atoms. The van der Waals surface area contributed by atoms with Crippen LogP contribution in [-0.4, -0.2) is 20.0 Å². The minimum atomic E-state index is -4.72. The van der Waals surface area contributed by atoms with Gasteiger partial charge in [-0.25, -0.2) is 0 Å². The van der Waals surface area contributed by atoms with Crippen molar-refractivity contribution >= 4 is 0 Å². The van der Waals surface area contributed by atoms with Crippen molar-refractivity contribution in [1.82, 2.24) is 9.78 Å². The van der Waals surface area contributed by atoms with Gasteiger partial charge in [0.15, 0.2) is 11.4 Å². The highest BCUT2D eigenvalue weighted by atomic mass is 19.4. The second kappa shape index (κ2) is 6.86. The first-order valence-corrected chi connectivity index (χ1v) is 8.14. The highest BCUT2D eigenvalue weighted by Gasteiger charge is 2.41. The largest absolute Gasteiger partial charge is 0.508 e. The standard InChI is InChI=1S/C19H17F3N2O3/c1-3-11-9-13(15(26)10-14(11)25)16-17(27-12-7-5-4-6-8-12)18(19(20,21)22)24(2)23-16/h4-10,25-26H,3H2,1-2H3. The Kier molecular flexibility index (Phi) is 4.73. The van der Waals surface area contributed by atoms with Crippen LogP contribution < -0.4 is 4.74 Å². The average molecular weight is 378 g/mol. The van der Waals surface area contributed by atoms with Gasteiger partial charge in [-0.15, -0.1) is 0 Å². The number of hydrogen-bond acceptors (Lipinski definition) is 4. The highest BCUT2D eigenvalue weighted by Crippen LogP contribution is 2.46. The lowest BCUT2D eigenvalue weighted by Gasteiger charge is -2.13. The summed E-state index contributed by atoms with van der Waals surface area (Å²) in [5, 5.41) is 24.0. The van der Waals surface area contributed by atoms with E-state index in [1.54, 1.807) is 25.1 Å². The molecule has 0 aliphatic rings. The van der Waals surface area contributed by atoms with Gasteiger partial charge in [-0.05, 0) is 30.2 Å². The summed E-state index contributed by atoms with van der Waals surface area (Å²) in [6.45, 7) is 1.77. The molecule has 0 spiro atoms. The van der Waals surface area contributed by atoms with Crippen LogP contribution in [0.15, 0.2) is 42.5 Å². The zero-order valence-corrected chi connectivity index (χ0v) is 14.6. The van der Waals surface area contributed by atoms with Gasteiger partial charge in [0.05, 0.1) is 0 Å². The number of phenolic OH excluding ortho intramolecular Hbond substituents is 2. The van der Waals surface area contributed by atoms with Crippen LogP contribution in [0, 0.1) is 0 Å². The molecule has 2 N–H and O–H groups in total. The van der Waals surface area contributed by atoms with Gasteiger partial charge in [0, 0.05) is 18.7 Å². The van der Waals surface area contributed by atoms with Gasteiger partial charge < -0.3 is 14.9 Å². The molecule has 0 amide bonds. The number of rotatable bonds is 4. The topological polar surface area (TPSA) is 67.5 Å². The number of hydrogen-bond donors (Lipinski definition) is 2. The Balaban J connectivity index is 2.25. The third-order valence-electron chi connectivity index (χ3n) is 4.07. The molecule has 27 heavy (non-hydrogen) atoms. The lowest BCUT2D eigenvalue weighted by atomic mass is 10.0. The van der Waals surface area contributed by atoms with Crippen molar-refractivity contribution in [2.24, 2.45) is 7.05 Å². The summed E-state index contributed by atoms with van der Waals surface area (Å²) >= 11 is 0. The molecule has 0 saturated heterocycles. The maximum Gasteiger partial charge on any atom is 0.436 e. The quantitative estimate of drug-likeness (QED) is 0.680.